The number of rotatable bonds is 5. The summed E-state index contributed by atoms with van der Waals surface area (Å²) in [6, 6.07) is 0. The van der Waals surface area contributed by atoms with Gasteiger partial charge >= 0.3 is 0 Å². The highest BCUT2D eigenvalue weighted by Gasteiger charge is 2.08. The minimum absolute atomic E-state index is 0.720. The van der Waals surface area contributed by atoms with Gasteiger partial charge in [0.2, 0.25) is 0 Å². The number of aliphatic imine (C=N–C) groups is 1. The van der Waals surface area contributed by atoms with Gasteiger partial charge in [-0.15, -0.1) is 0 Å². The van der Waals surface area contributed by atoms with Crippen molar-refractivity contribution in [1.29, 1.82) is 0 Å². The first-order valence-electron chi connectivity index (χ1n) is 5.23. The Morgan fingerprint density at radius 2 is 2.29 bits per heavy atom. The molecule has 1 rings (SSSR count). The lowest BCUT2D eigenvalue weighted by Crippen LogP contribution is -2.33. The Kier molecular flexibility index (Phi) is 4.23. The molecule has 0 atom stereocenters. The molecule has 14 heavy (non-hydrogen) atoms. The maximum absolute atomic E-state index is 4.04. The van der Waals surface area contributed by atoms with Crippen molar-refractivity contribution < 1.29 is 0 Å². The van der Waals surface area contributed by atoms with E-state index in [1.165, 1.54) is 12.8 Å². The van der Waals surface area contributed by atoms with Gasteiger partial charge in [-0.3, -0.25) is 0 Å². The zero-order chi connectivity index (χ0) is 10.4. The van der Waals surface area contributed by atoms with Crippen molar-refractivity contribution in [2.45, 2.75) is 26.7 Å². The first kappa shape index (κ1) is 10.8. The Hall–Kier alpha value is -1.25. The van der Waals surface area contributed by atoms with Crippen molar-refractivity contribution in [1.82, 2.24) is 10.2 Å². The van der Waals surface area contributed by atoms with Crippen LogP contribution in [-0.4, -0.2) is 24.2 Å². The lowest BCUT2D eigenvalue weighted by Gasteiger charge is -2.27. The Morgan fingerprint density at radius 3 is 2.86 bits per heavy atom. The minimum Gasteiger partial charge on any atom is -0.358 e. The van der Waals surface area contributed by atoms with E-state index in [0.29, 0.717) is 0 Å². The Morgan fingerprint density at radius 1 is 1.50 bits per heavy atom. The number of nitrogens with zero attached hydrogens (tertiary/aromatic N) is 2. The molecule has 0 fully saturated rings. The first-order chi connectivity index (χ1) is 6.77. The molecule has 3 heteroatoms. The normalized spacial score (nSPS) is 15.0. The fourth-order valence-corrected chi connectivity index (χ4v) is 1.40. The Labute approximate surface area is 86.2 Å². The summed E-state index contributed by atoms with van der Waals surface area (Å²) in [4.78, 5) is 6.35. The molecule has 1 heterocycles. The van der Waals surface area contributed by atoms with E-state index in [0.717, 1.165) is 24.7 Å². The summed E-state index contributed by atoms with van der Waals surface area (Å²) < 4.78 is 0. The van der Waals surface area contributed by atoms with Crippen molar-refractivity contribution in [2.75, 3.05) is 13.1 Å². The Bertz CT molecular complexity index is 253. The van der Waals surface area contributed by atoms with Crippen molar-refractivity contribution in [3.05, 3.63) is 24.3 Å². The molecule has 0 radical (unpaired) electrons. The van der Waals surface area contributed by atoms with Gasteiger partial charge in [-0.1, -0.05) is 19.9 Å². The number of hydrogen-bond donors (Lipinski definition) is 1. The van der Waals surface area contributed by atoms with E-state index in [1.807, 2.05) is 6.08 Å². The topological polar surface area (TPSA) is 27.6 Å². The highest BCUT2D eigenvalue weighted by Crippen LogP contribution is 2.07. The van der Waals surface area contributed by atoms with Gasteiger partial charge in [0.1, 0.15) is 11.6 Å². The molecule has 0 aromatic carbocycles. The number of allylic oxidation sites excluding steroid dienone is 1. The highest BCUT2D eigenvalue weighted by molar-refractivity contribution is 5.74. The lowest BCUT2D eigenvalue weighted by atomic mass is 10.3. The van der Waals surface area contributed by atoms with Gasteiger partial charge in [0, 0.05) is 19.3 Å². The van der Waals surface area contributed by atoms with E-state index in [9.17, 15) is 0 Å². The first-order valence-corrected chi connectivity index (χ1v) is 5.23. The second kappa shape index (κ2) is 5.47. The lowest BCUT2D eigenvalue weighted by molar-refractivity contribution is 0.336. The average Bonchev–Trinajstić information content (AvgIpc) is 2.19. The van der Waals surface area contributed by atoms with Crippen LogP contribution in [0.2, 0.25) is 0 Å². The van der Waals surface area contributed by atoms with Crippen LogP contribution in [0.3, 0.4) is 0 Å². The zero-order valence-electron chi connectivity index (χ0n) is 9.08. The van der Waals surface area contributed by atoms with Crippen molar-refractivity contribution in [3.63, 3.8) is 0 Å². The van der Waals surface area contributed by atoms with Crippen LogP contribution < -0.4 is 5.32 Å². The molecule has 1 aliphatic rings. The third-order valence-electron chi connectivity index (χ3n) is 2.24. The quantitative estimate of drug-likeness (QED) is 0.724. The van der Waals surface area contributed by atoms with E-state index in [4.69, 9.17) is 0 Å². The van der Waals surface area contributed by atoms with Gasteiger partial charge in [0.25, 0.3) is 0 Å². The molecule has 0 saturated heterocycles. The van der Waals surface area contributed by atoms with Crippen molar-refractivity contribution in [3.8, 4) is 0 Å². The predicted molar refractivity (Wildman–Crippen MR) is 61.0 cm³/mol. The number of unbranched alkanes of at least 4 members (excludes halogenated alkanes) is 1. The van der Waals surface area contributed by atoms with Gasteiger partial charge in [-0.25, -0.2) is 4.99 Å². The smallest absolute Gasteiger partial charge is 0.124 e. The molecule has 0 saturated carbocycles. The largest absolute Gasteiger partial charge is 0.358 e. The van der Waals surface area contributed by atoms with E-state index in [1.54, 1.807) is 6.21 Å². The van der Waals surface area contributed by atoms with Crippen LogP contribution in [0, 0.1) is 0 Å². The molecule has 0 spiro atoms. The zero-order valence-corrected chi connectivity index (χ0v) is 9.08. The molecular formula is C11H19N3. The van der Waals surface area contributed by atoms with Crippen LogP contribution >= 0.6 is 0 Å². The fourth-order valence-electron chi connectivity index (χ4n) is 1.40. The van der Waals surface area contributed by atoms with Crippen molar-refractivity contribution in [2.24, 2.45) is 4.99 Å². The second-order valence-corrected chi connectivity index (χ2v) is 3.33. The fraction of sp³-hybridized carbons (Fsp3) is 0.545. The molecule has 0 aromatic heterocycles. The van der Waals surface area contributed by atoms with Gasteiger partial charge in [-0.05, 0) is 19.4 Å². The summed E-state index contributed by atoms with van der Waals surface area (Å²) in [6.45, 7) is 10.3. The summed E-state index contributed by atoms with van der Waals surface area (Å²) >= 11 is 0. The second-order valence-electron chi connectivity index (χ2n) is 3.33. The van der Waals surface area contributed by atoms with Crippen LogP contribution in [0.15, 0.2) is 29.3 Å². The molecule has 1 aliphatic heterocycles. The minimum atomic E-state index is 0.720. The summed E-state index contributed by atoms with van der Waals surface area (Å²) in [5.74, 6) is 1.83. The summed E-state index contributed by atoms with van der Waals surface area (Å²) in [7, 11) is 0. The monoisotopic (exact) mass is 193 g/mol. The van der Waals surface area contributed by atoms with E-state index < -0.39 is 0 Å². The standard InChI is InChI=1S/C11H19N3/c1-4-6-9-14(5-2)11-7-8-12-10(3)13-11/h7-8,13H,3-6,9H2,1-2H3. The van der Waals surface area contributed by atoms with Crippen LogP contribution in [0.4, 0.5) is 0 Å². The average molecular weight is 193 g/mol. The van der Waals surface area contributed by atoms with Crippen LogP contribution in [-0.2, 0) is 0 Å². The molecule has 0 aliphatic carbocycles. The molecule has 78 valence electrons. The van der Waals surface area contributed by atoms with E-state index >= 15 is 0 Å². The third kappa shape index (κ3) is 2.91. The third-order valence-corrected chi connectivity index (χ3v) is 2.24. The van der Waals surface area contributed by atoms with E-state index in [-0.39, 0.29) is 0 Å². The van der Waals surface area contributed by atoms with Gasteiger partial charge < -0.3 is 10.2 Å². The molecule has 3 nitrogen and oxygen atoms in total. The molecule has 0 amide bonds. The molecular weight excluding hydrogens is 174 g/mol. The van der Waals surface area contributed by atoms with Crippen LogP contribution in [0.25, 0.3) is 0 Å². The van der Waals surface area contributed by atoms with Crippen LogP contribution in [0.5, 0.6) is 0 Å². The molecule has 0 bridgehead atoms. The SMILES string of the molecule is C=C1N=CC=C(N(CC)CCCC)N1. The van der Waals surface area contributed by atoms with Gasteiger partial charge in [0.15, 0.2) is 0 Å². The Balaban J connectivity index is 2.55. The predicted octanol–water partition coefficient (Wildman–Crippen LogP) is 2.10. The van der Waals surface area contributed by atoms with Crippen molar-refractivity contribution >= 4 is 6.21 Å². The van der Waals surface area contributed by atoms with Gasteiger partial charge in [-0.2, -0.15) is 0 Å². The summed E-state index contributed by atoms with van der Waals surface area (Å²) in [6.07, 6.45) is 6.23. The summed E-state index contributed by atoms with van der Waals surface area (Å²) in [5.41, 5.74) is 0. The van der Waals surface area contributed by atoms with E-state index in [2.05, 4.69) is 35.6 Å². The molecule has 0 aromatic rings. The van der Waals surface area contributed by atoms with Crippen LogP contribution in [0.1, 0.15) is 26.7 Å². The number of nitrogens with one attached hydrogen (secondary N) is 1. The molecule has 0 unspecified atom stereocenters. The van der Waals surface area contributed by atoms with Gasteiger partial charge in [0.05, 0.1) is 0 Å². The highest BCUT2D eigenvalue weighted by atomic mass is 15.3. The summed E-state index contributed by atoms with van der Waals surface area (Å²) in [5, 5.41) is 3.17. The molecule has 1 N–H and O–H groups in total. The number of hydrogen-bond acceptors (Lipinski definition) is 3. The maximum Gasteiger partial charge on any atom is 0.124 e. The maximum atomic E-state index is 4.04.